The number of pyridine rings is 1. The van der Waals surface area contributed by atoms with E-state index in [-0.39, 0.29) is 10.3 Å². The summed E-state index contributed by atoms with van der Waals surface area (Å²) in [4.78, 5) is 17.3. The van der Waals surface area contributed by atoms with E-state index in [4.69, 9.17) is 5.10 Å². The van der Waals surface area contributed by atoms with Crippen LogP contribution in [0.2, 0.25) is 0 Å². The van der Waals surface area contributed by atoms with Gasteiger partial charge in [-0.15, -0.1) is 0 Å². The van der Waals surface area contributed by atoms with E-state index >= 15 is 0 Å². The minimum atomic E-state index is -3.84. The fourth-order valence-electron chi connectivity index (χ4n) is 3.45. The summed E-state index contributed by atoms with van der Waals surface area (Å²) in [5.74, 6) is -0.696. The van der Waals surface area contributed by atoms with E-state index in [1.165, 1.54) is 18.3 Å². The van der Waals surface area contributed by atoms with Gasteiger partial charge in [-0.2, -0.15) is 5.10 Å². The normalized spacial score (nSPS) is 12.1. The van der Waals surface area contributed by atoms with Crippen molar-refractivity contribution in [3.05, 3.63) is 70.7 Å². The summed E-state index contributed by atoms with van der Waals surface area (Å²) in [6, 6.07) is 10.6. The third-order valence-electron chi connectivity index (χ3n) is 5.45. The second kappa shape index (κ2) is 8.86. The number of ketones is 1. The zero-order valence-electron chi connectivity index (χ0n) is 19.4. The summed E-state index contributed by atoms with van der Waals surface area (Å²) in [7, 11) is -2.19. The Morgan fingerprint density at radius 2 is 1.75 bits per heavy atom. The molecule has 0 amide bonds. The molecule has 0 unspecified atom stereocenters. The minimum absolute atomic E-state index is 0.0575. The molecule has 32 heavy (non-hydrogen) atoms. The molecular formula is C24H30N4O3S. The molecular weight excluding hydrogens is 424 g/mol. The first-order chi connectivity index (χ1) is 14.9. The second-order valence-electron chi connectivity index (χ2n) is 9.00. The highest BCUT2D eigenvalue weighted by atomic mass is 32.2. The van der Waals surface area contributed by atoms with E-state index in [0.717, 1.165) is 22.4 Å². The molecule has 3 rings (SSSR count). The third-order valence-corrected chi connectivity index (χ3v) is 7.07. The highest BCUT2D eigenvalue weighted by Gasteiger charge is 2.27. The van der Waals surface area contributed by atoms with Gasteiger partial charge in [-0.3, -0.25) is 9.48 Å². The van der Waals surface area contributed by atoms with Crippen molar-refractivity contribution < 1.29 is 13.2 Å². The van der Waals surface area contributed by atoms with Gasteiger partial charge in [-0.25, -0.2) is 13.4 Å². The van der Waals surface area contributed by atoms with Gasteiger partial charge in [0.2, 0.25) is 0 Å². The Bertz CT molecular complexity index is 1230. The SMILES string of the molecule is CNc1cc(S(=O)(=O)CC(=O)c2cc(C(C)(C)C)nn2Cc2c(C)cccc2C)ccn1. The van der Waals surface area contributed by atoms with E-state index in [2.05, 4.69) is 10.3 Å². The molecule has 0 aliphatic carbocycles. The lowest BCUT2D eigenvalue weighted by atomic mass is 9.92. The van der Waals surface area contributed by atoms with Crippen LogP contribution in [0.5, 0.6) is 0 Å². The molecule has 1 aromatic carbocycles. The van der Waals surface area contributed by atoms with Gasteiger partial charge in [0, 0.05) is 18.7 Å². The van der Waals surface area contributed by atoms with E-state index in [1.807, 2.05) is 52.8 Å². The maximum absolute atomic E-state index is 13.2. The predicted octanol–water partition coefficient (Wildman–Crippen LogP) is 3.94. The monoisotopic (exact) mass is 454 g/mol. The number of sulfone groups is 1. The van der Waals surface area contributed by atoms with E-state index in [0.29, 0.717) is 18.1 Å². The number of aromatic nitrogens is 3. The van der Waals surface area contributed by atoms with E-state index < -0.39 is 21.4 Å². The molecule has 0 saturated carbocycles. The van der Waals surface area contributed by atoms with Crippen LogP contribution in [0.15, 0.2) is 47.5 Å². The van der Waals surface area contributed by atoms with E-state index in [1.54, 1.807) is 17.8 Å². The van der Waals surface area contributed by atoms with Crippen LogP contribution >= 0.6 is 0 Å². The topological polar surface area (TPSA) is 94.0 Å². The number of Topliss-reactive ketones (excluding diaryl/α,β-unsaturated/α-hetero) is 1. The van der Waals surface area contributed by atoms with Gasteiger partial charge in [0.25, 0.3) is 0 Å². The van der Waals surface area contributed by atoms with Crippen molar-refractivity contribution >= 4 is 21.4 Å². The fourth-order valence-corrected chi connectivity index (χ4v) is 4.67. The molecule has 2 heterocycles. The predicted molar refractivity (Wildman–Crippen MR) is 126 cm³/mol. The first-order valence-electron chi connectivity index (χ1n) is 10.5. The minimum Gasteiger partial charge on any atom is -0.373 e. The van der Waals surface area contributed by atoms with Crippen LogP contribution < -0.4 is 5.32 Å². The number of anilines is 1. The summed E-state index contributed by atoms with van der Waals surface area (Å²) in [5.41, 5.74) is 4.02. The zero-order valence-corrected chi connectivity index (χ0v) is 20.2. The smallest absolute Gasteiger partial charge is 0.196 e. The number of carbonyl (C=O) groups is 1. The van der Waals surface area contributed by atoms with Crippen molar-refractivity contribution in [1.82, 2.24) is 14.8 Å². The highest BCUT2D eigenvalue weighted by molar-refractivity contribution is 7.92. The first-order valence-corrected chi connectivity index (χ1v) is 12.1. The summed E-state index contributed by atoms with van der Waals surface area (Å²) < 4.78 is 27.6. The molecule has 0 aliphatic rings. The largest absolute Gasteiger partial charge is 0.373 e. The Kier molecular flexibility index (Phi) is 6.55. The first kappa shape index (κ1) is 23.7. The number of hydrogen-bond donors (Lipinski definition) is 1. The van der Waals surface area contributed by atoms with Gasteiger partial charge in [0.05, 0.1) is 17.1 Å². The maximum atomic E-state index is 13.2. The van der Waals surface area contributed by atoms with Crippen LogP contribution in [-0.2, 0) is 21.8 Å². The van der Waals surface area contributed by atoms with Crippen LogP contribution in [-0.4, -0.2) is 41.8 Å². The Morgan fingerprint density at radius 1 is 1.09 bits per heavy atom. The van der Waals surface area contributed by atoms with Crippen molar-refractivity contribution in [1.29, 1.82) is 0 Å². The highest BCUT2D eigenvalue weighted by Crippen LogP contribution is 2.25. The average Bonchev–Trinajstić information content (AvgIpc) is 3.15. The number of nitrogens with one attached hydrogen (secondary N) is 1. The number of hydrogen-bond acceptors (Lipinski definition) is 6. The van der Waals surface area contributed by atoms with Crippen LogP contribution in [0.3, 0.4) is 0 Å². The van der Waals surface area contributed by atoms with Crippen LogP contribution in [0.4, 0.5) is 5.82 Å². The van der Waals surface area contributed by atoms with Crippen molar-refractivity contribution in [2.45, 2.75) is 51.5 Å². The lowest BCUT2D eigenvalue weighted by molar-refractivity contribution is 0.101. The number of nitrogens with zero attached hydrogens (tertiary/aromatic N) is 3. The zero-order chi connectivity index (χ0) is 23.7. The number of carbonyl (C=O) groups excluding carboxylic acids is 1. The van der Waals surface area contributed by atoms with Gasteiger partial charge < -0.3 is 5.32 Å². The van der Waals surface area contributed by atoms with Crippen LogP contribution in [0, 0.1) is 13.8 Å². The Morgan fingerprint density at radius 3 is 2.34 bits per heavy atom. The number of aryl methyl sites for hydroxylation is 2. The molecule has 1 N–H and O–H groups in total. The lowest BCUT2D eigenvalue weighted by Crippen LogP contribution is -2.21. The van der Waals surface area contributed by atoms with Crippen molar-refractivity contribution in [3.8, 4) is 0 Å². The summed E-state index contributed by atoms with van der Waals surface area (Å²) in [5, 5.41) is 7.51. The Balaban J connectivity index is 2.00. The Hall–Kier alpha value is -3.00. The molecule has 170 valence electrons. The van der Waals surface area contributed by atoms with E-state index in [9.17, 15) is 13.2 Å². The third kappa shape index (κ3) is 5.07. The average molecular weight is 455 g/mol. The summed E-state index contributed by atoms with van der Waals surface area (Å²) >= 11 is 0. The van der Waals surface area contributed by atoms with Crippen LogP contribution in [0.25, 0.3) is 0 Å². The molecule has 7 nitrogen and oxygen atoms in total. The molecule has 0 saturated heterocycles. The number of benzene rings is 1. The van der Waals surface area contributed by atoms with Gasteiger partial charge in [-0.1, -0.05) is 39.0 Å². The fraction of sp³-hybridized carbons (Fsp3) is 0.375. The summed E-state index contributed by atoms with van der Waals surface area (Å²) in [6.07, 6.45) is 1.41. The van der Waals surface area contributed by atoms with Gasteiger partial charge in [-0.05, 0) is 48.7 Å². The Labute approximate surface area is 189 Å². The van der Waals surface area contributed by atoms with Gasteiger partial charge >= 0.3 is 0 Å². The molecule has 8 heteroatoms. The number of rotatable bonds is 7. The van der Waals surface area contributed by atoms with Crippen LogP contribution in [0.1, 0.15) is 53.6 Å². The molecule has 2 aromatic heterocycles. The van der Waals surface area contributed by atoms with Gasteiger partial charge in [0.1, 0.15) is 17.3 Å². The van der Waals surface area contributed by atoms with Crippen molar-refractivity contribution in [2.24, 2.45) is 0 Å². The van der Waals surface area contributed by atoms with Crippen molar-refractivity contribution in [3.63, 3.8) is 0 Å². The second-order valence-corrected chi connectivity index (χ2v) is 11.0. The standard InChI is InChI=1S/C24H30N4O3S/c1-16-8-7-9-17(2)19(16)14-28-20(13-22(27-28)24(3,4)5)21(29)15-32(30,31)18-10-11-26-23(12-18)25-6/h7-13H,14-15H2,1-6H3,(H,25,26). The molecule has 0 radical (unpaired) electrons. The summed E-state index contributed by atoms with van der Waals surface area (Å²) in [6.45, 7) is 10.5. The lowest BCUT2D eigenvalue weighted by Gasteiger charge is -2.15. The maximum Gasteiger partial charge on any atom is 0.196 e. The quantitative estimate of drug-likeness (QED) is 0.544. The van der Waals surface area contributed by atoms with Gasteiger partial charge in [0.15, 0.2) is 15.6 Å². The van der Waals surface area contributed by atoms with Crippen molar-refractivity contribution in [2.75, 3.05) is 18.1 Å². The molecule has 0 spiro atoms. The molecule has 0 fully saturated rings. The molecule has 3 aromatic rings. The molecule has 0 atom stereocenters. The molecule has 0 aliphatic heterocycles. The molecule has 0 bridgehead atoms.